The van der Waals surface area contributed by atoms with Crippen LogP contribution in [0.25, 0.3) is 0 Å². The first kappa shape index (κ1) is 13.1. The van der Waals surface area contributed by atoms with Gasteiger partial charge in [0.1, 0.15) is 5.54 Å². The van der Waals surface area contributed by atoms with Crippen molar-refractivity contribution in [1.82, 2.24) is 4.90 Å². The molecule has 1 saturated heterocycles. The van der Waals surface area contributed by atoms with Crippen LogP contribution in [0.4, 0.5) is 0 Å². The first-order valence-electron chi connectivity index (χ1n) is 6.34. The maximum Gasteiger partial charge on any atom is 0.325 e. The fourth-order valence-corrected chi connectivity index (χ4v) is 2.62. The average molecular weight is 248 g/mol. The number of carbonyl (C=O) groups is 1. The summed E-state index contributed by atoms with van der Waals surface area (Å²) in [5.74, 6) is -0.896. The Hall–Kier alpha value is -1.39. The van der Waals surface area contributed by atoms with Crippen molar-refractivity contribution in [3.8, 4) is 0 Å². The Morgan fingerprint density at radius 2 is 2.17 bits per heavy atom. The lowest BCUT2D eigenvalue weighted by Gasteiger charge is -2.43. The number of hydrogen-bond acceptors (Lipinski definition) is 3. The van der Waals surface area contributed by atoms with Gasteiger partial charge in [-0.25, -0.2) is 0 Å². The highest BCUT2D eigenvalue weighted by atomic mass is 16.4. The maximum absolute atomic E-state index is 11.3. The molecule has 0 saturated carbocycles. The van der Waals surface area contributed by atoms with Gasteiger partial charge in [0.2, 0.25) is 0 Å². The minimum atomic E-state index is -1.12. The molecule has 0 aromatic heterocycles. The summed E-state index contributed by atoms with van der Waals surface area (Å²) in [4.78, 5) is 13.5. The van der Waals surface area contributed by atoms with Gasteiger partial charge in [-0.05, 0) is 31.9 Å². The molecule has 0 amide bonds. The second-order valence-corrected chi connectivity index (χ2v) is 5.08. The van der Waals surface area contributed by atoms with Crippen molar-refractivity contribution in [2.24, 2.45) is 5.73 Å². The lowest BCUT2D eigenvalue weighted by atomic mass is 9.82. The molecule has 3 N–H and O–H groups in total. The summed E-state index contributed by atoms with van der Waals surface area (Å²) >= 11 is 0. The third-order valence-corrected chi connectivity index (χ3v) is 3.96. The first-order valence-corrected chi connectivity index (χ1v) is 6.34. The fourth-order valence-electron chi connectivity index (χ4n) is 2.62. The highest BCUT2D eigenvalue weighted by molar-refractivity contribution is 5.79. The van der Waals surface area contributed by atoms with E-state index in [1.165, 1.54) is 5.56 Å². The average Bonchev–Trinajstić information content (AvgIpc) is 2.36. The molecule has 2 rings (SSSR count). The SMILES string of the molecule is CC1N(Cc2ccccc2)CCCC1(N)C(=O)O. The predicted octanol–water partition coefficient (Wildman–Crippen LogP) is 1.45. The highest BCUT2D eigenvalue weighted by Gasteiger charge is 2.44. The summed E-state index contributed by atoms with van der Waals surface area (Å²) in [6, 6.07) is 9.94. The lowest BCUT2D eigenvalue weighted by Crippen LogP contribution is -2.64. The first-order chi connectivity index (χ1) is 8.54. The summed E-state index contributed by atoms with van der Waals surface area (Å²) < 4.78 is 0. The van der Waals surface area contributed by atoms with Crippen molar-refractivity contribution < 1.29 is 9.90 Å². The second-order valence-electron chi connectivity index (χ2n) is 5.08. The van der Waals surface area contributed by atoms with E-state index >= 15 is 0 Å². The monoisotopic (exact) mass is 248 g/mol. The lowest BCUT2D eigenvalue weighted by molar-refractivity contribution is -0.148. The Balaban J connectivity index is 2.12. The van der Waals surface area contributed by atoms with Crippen LogP contribution in [0, 0.1) is 0 Å². The molecule has 1 aromatic carbocycles. The molecule has 0 bridgehead atoms. The van der Waals surface area contributed by atoms with Crippen molar-refractivity contribution >= 4 is 5.97 Å². The number of nitrogens with zero attached hydrogens (tertiary/aromatic N) is 1. The predicted molar refractivity (Wildman–Crippen MR) is 70.1 cm³/mol. The maximum atomic E-state index is 11.3. The van der Waals surface area contributed by atoms with Gasteiger partial charge >= 0.3 is 5.97 Å². The molecule has 4 nitrogen and oxygen atoms in total. The molecule has 1 aromatic rings. The zero-order chi connectivity index (χ0) is 13.2. The van der Waals surface area contributed by atoms with E-state index in [1.54, 1.807) is 0 Å². The van der Waals surface area contributed by atoms with Crippen LogP contribution in [-0.4, -0.2) is 34.1 Å². The molecule has 0 radical (unpaired) electrons. The molecular weight excluding hydrogens is 228 g/mol. The van der Waals surface area contributed by atoms with E-state index in [9.17, 15) is 9.90 Å². The molecule has 1 aliphatic heterocycles. The largest absolute Gasteiger partial charge is 0.480 e. The van der Waals surface area contributed by atoms with Gasteiger partial charge in [0, 0.05) is 12.6 Å². The fraction of sp³-hybridized carbons (Fsp3) is 0.500. The van der Waals surface area contributed by atoms with Crippen LogP contribution in [0.3, 0.4) is 0 Å². The number of hydrogen-bond donors (Lipinski definition) is 2. The molecule has 1 aliphatic rings. The van der Waals surface area contributed by atoms with Crippen molar-refractivity contribution in [3.63, 3.8) is 0 Å². The standard InChI is InChI=1S/C14H20N2O2/c1-11-14(15,13(17)18)8-5-9-16(11)10-12-6-3-2-4-7-12/h2-4,6-7,11H,5,8-10,15H2,1H3,(H,17,18). The van der Waals surface area contributed by atoms with Gasteiger partial charge in [-0.1, -0.05) is 30.3 Å². The molecule has 18 heavy (non-hydrogen) atoms. The van der Waals surface area contributed by atoms with Crippen LogP contribution in [0.2, 0.25) is 0 Å². The van der Waals surface area contributed by atoms with E-state index in [4.69, 9.17) is 5.73 Å². The van der Waals surface area contributed by atoms with Crippen LogP contribution >= 0.6 is 0 Å². The normalized spacial score (nSPS) is 29.1. The summed E-state index contributed by atoms with van der Waals surface area (Å²) in [6.07, 6.45) is 1.38. The smallest absolute Gasteiger partial charge is 0.325 e. The van der Waals surface area contributed by atoms with Crippen molar-refractivity contribution in [1.29, 1.82) is 0 Å². The van der Waals surface area contributed by atoms with Gasteiger partial charge in [-0.2, -0.15) is 0 Å². The number of carboxylic acid groups (broad SMARTS) is 1. The molecule has 4 heteroatoms. The van der Waals surface area contributed by atoms with E-state index in [0.29, 0.717) is 6.42 Å². The quantitative estimate of drug-likeness (QED) is 0.849. The number of likely N-dealkylation sites (tertiary alicyclic amines) is 1. The topological polar surface area (TPSA) is 66.6 Å². The molecular formula is C14H20N2O2. The van der Waals surface area contributed by atoms with E-state index in [2.05, 4.69) is 17.0 Å². The summed E-state index contributed by atoms with van der Waals surface area (Å²) in [5.41, 5.74) is 6.12. The molecule has 0 spiro atoms. The van der Waals surface area contributed by atoms with Crippen molar-refractivity contribution in [2.45, 2.75) is 37.9 Å². The van der Waals surface area contributed by atoms with Crippen LogP contribution in [-0.2, 0) is 11.3 Å². The van der Waals surface area contributed by atoms with E-state index in [-0.39, 0.29) is 6.04 Å². The van der Waals surface area contributed by atoms with Crippen LogP contribution in [0.15, 0.2) is 30.3 Å². The molecule has 1 fully saturated rings. The van der Waals surface area contributed by atoms with Gasteiger partial charge in [0.15, 0.2) is 0 Å². The summed E-state index contributed by atoms with van der Waals surface area (Å²) in [7, 11) is 0. The van der Waals surface area contributed by atoms with Gasteiger partial charge in [-0.15, -0.1) is 0 Å². The van der Waals surface area contributed by atoms with Crippen molar-refractivity contribution in [3.05, 3.63) is 35.9 Å². The number of carboxylic acids is 1. The van der Waals surface area contributed by atoms with Crippen molar-refractivity contribution in [2.75, 3.05) is 6.54 Å². The number of rotatable bonds is 3. The molecule has 2 unspecified atom stereocenters. The van der Waals surface area contributed by atoms with Gasteiger partial charge in [0.25, 0.3) is 0 Å². The summed E-state index contributed by atoms with van der Waals surface area (Å²) in [5, 5.41) is 9.30. The zero-order valence-corrected chi connectivity index (χ0v) is 10.7. The van der Waals surface area contributed by atoms with Crippen LogP contribution in [0.5, 0.6) is 0 Å². The summed E-state index contributed by atoms with van der Waals surface area (Å²) in [6.45, 7) is 3.58. The molecule has 1 heterocycles. The number of piperidine rings is 1. The zero-order valence-electron chi connectivity index (χ0n) is 10.7. The number of benzene rings is 1. The minimum absolute atomic E-state index is 0.149. The minimum Gasteiger partial charge on any atom is -0.480 e. The Labute approximate surface area is 107 Å². The number of nitrogens with two attached hydrogens (primary N) is 1. The third kappa shape index (κ3) is 2.40. The van der Waals surface area contributed by atoms with E-state index < -0.39 is 11.5 Å². The highest BCUT2D eigenvalue weighted by Crippen LogP contribution is 2.27. The molecule has 0 aliphatic carbocycles. The Morgan fingerprint density at radius 1 is 1.50 bits per heavy atom. The van der Waals surface area contributed by atoms with E-state index in [1.807, 2.05) is 25.1 Å². The molecule has 2 atom stereocenters. The number of aliphatic carboxylic acids is 1. The molecule has 98 valence electrons. The second kappa shape index (κ2) is 5.08. The Kier molecular flexibility index (Phi) is 3.68. The van der Waals surface area contributed by atoms with Gasteiger partial charge in [0.05, 0.1) is 0 Å². The van der Waals surface area contributed by atoms with Gasteiger partial charge in [-0.3, -0.25) is 9.69 Å². The van der Waals surface area contributed by atoms with Gasteiger partial charge < -0.3 is 10.8 Å². The Bertz CT molecular complexity index is 421. The Morgan fingerprint density at radius 3 is 2.78 bits per heavy atom. The van der Waals surface area contributed by atoms with Crippen LogP contribution < -0.4 is 5.73 Å². The van der Waals surface area contributed by atoms with Crippen LogP contribution in [0.1, 0.15) is 25.3 Å². The third-order valence-electron chi connectivity index (χ3n) is 3.96. The van der Waals surface area contributed by atoms with E-state index in [0.717, 1.165) is 19.5 Å².